The van der Waals surface area contributed by atoms with Gasteiger partial charge in [0.25, 0.3) is 0 Å². The zero-order valence-electron chi connectivity index (χ0n) is 4.93. The lowest BCUT2D eigenvalue weighted by Crippen LogP contribution is -2.18. The van der Waals surface area contributed by atoms with Crippen LogP contribution >= 0.6 is 27.5 Å². The van der Waals surface area contributed by atoms with Crippen LogP contribution in [0.2, 0.25) is 0 Å². The van der Waals surface area contributed by atoms with E-state index in [1.54, 1.807) is 0 Å². The van der Waals surface area contributed by atoms with Crippen LogP contribution in [0.15, 0.2) is 12.2 Å². The van der Waals surface area contributed by atoms with Crippen LogP contribution in [0.4, 0.5) is 0 Å². The molecule has 1 saturated carbocycles. The van der Waals surface area contributed by atoms with Crippen LogP contribution in [-0.4, -0.2) is 10.2 Å². The van der Waals surface area contributed by atoms with Gasteiger partial charge < -0.3 is 0 Å². The average Bonchev–Trinajstić information content (AvgIpc) is 2.37. The molecule has 0 aromatic carbocycles. The molecule has 0 nitrogen and oxygen atoms in total. The lowest BCUT2D eigenvalue weighted by atomic mass is 10.1. The van der Waals surface area contributed by atoms with Gasteiger partial charge in [-0.25, -0.2) is 0 Å². The highest BCUT2D eigenvalue weighted by atomic mass is 79.9. The summed E-state index contributed by atoms with van der Waals surface area (Å²) in [4.78, 5) is 0.536. The first kappa shape index (κ1) is 6.23. The summed E-state index contributed by atoms with van der Waals surface area (Å²) in [7, 11) is 0. The molecule has 2 bridgehead atoms. The molecule has 1 fully saturated rings. The molecule has 2 rings (SSSR count). The van der Waals surface area contributed by atoms with Gasteiger partial charge in [0.15, 0.2) is 0 Å². The summed E-state index contributed by atoms with van der Waals surface area (Å²) in [6.07, 6.45) is 5.80. The Balaban J connectivity index is 2.26. The third-order valence-corrected chi connectivity index (χ3v) is 4.42. The van der Waals surface area contributed by atoms with E-state index < -0.39 is 0 Å². The second kappa shape index (κ2) is 2.00. The summed E-state index contributed by atoms with van der Waals surface area (Å²) in [5.74, 6) is 1.37. The Morgan fingerprint density at radius 3 is 2.33 bits per heavy atom. The van der Waals surface area contributed by atoms with E-state index >= 15 is 0 Å². The fraction of sp³-hybridized carbons (Fsp3) is 0.714. The first-order valence-electron chi connectivity index (χ1n) is 3.25. The lowest BCUT2D eigenvalue weighted by molar-refractivity contribution is 0.695. The zero-order valence-corrected chi connectivity index (χ0v) is 7.27. The average molecular weight is 207 g/mol. The molecule has 2 aliphatic rings. The van der Waals surface area contributed by atoms with Gasteiger partial charge in [0.2, 0.25) is 0 Å². The van der Waals surface area contributed by atoms with Crippen LogP contribution in [0.3, 0.4) is 0 Å². The number of alkyl halides is 2. The van der Waals surface area contributed by atoms with Crippen LogP contribution in [0.1, 0.15) is 6.42 Å². The minimum absolute atomic E-state index is 0.347. The van der Waals surface area contributed by atoms with E-state index in [1.165, 1.54) is 6.42 Å². The van der Waals surface area contributed by atoms with Crippen LogP contribution < -0.4 is 0 Å². The minimum Gasteiger partial charge on any atom is -0.121 e. The van der Waals surface area contributed by atoms with Crippen LogP contribution in [-0.2, 0) is 0 Å². The highest BCUT2D eigenvalue weighted by Gasteiger charge is 2.41. The maximum Gasteiger partial charge on any atom is 0.0529 e. The van der Waals surface area contributed by atoms with Crippen molar-refractivity contribution < 1.29 is 0 Å². The van der Waals surface area contributed by atoms with E-state index in [-0.39, 0.29) is 0 Å². The summed E-state index contributed by atoms with van der Waals surface area (Å²) in [5.41, 5.74) is 0. The van der Waals surface area contributed by atoms with Crippen molar-refractivity contribution in [2.24, 2.45) is 11.8 Å². The largest absolute Gasteiger partial charge is 0.121 e. The zero-order chi connectivity index (χ0) is 6.43. The molecule has 4 atom stereocenters. The molecule has 0 aromatic heterocycles. The third kappa shape index (κ3) is 0.779. The molecule has 0 N–H and O–H groups in total. The first-order chi connectivity index (χ1) is 4.29. The predicted octanol–water partition coefficient (Wildman–Crippen LogP) is 2.56. The molecule has 0 radical (unpaired) electrons. The van der Waals surface area contributed by atoms with E-state index in [1.807, 2.05) is 0 Å². The standard InChI is InChI=1S/C7H8BrCl/c8-6-4-1-2-5(3-4)7(6)9/h1-2,4-7H,3H2/t4-,5-,6-,7+/m0/s1. The quantitative estimate of drug-likeness (QED) is 0.423. The normalized spacial score (nSPS) is 54.9. The van der Waals surface area contributed by atoms with Crippen molar-refractivity contribution in [2.75, 3.05) is 0 Å². The van der Waals surface area contributed by atoms with Crippen LogP contribution in [0.5, 0.6) is 0 Å². The van der Waals surface area contributed by atoms with Gasteiger partial charge in [0.1, 0.15) is 0 Å². The van der Waals surface area contributed by atoms with E-state index in [0.717, 1.165) is 5.92 Å². The van der Waals surface area contributed by atoms with Crippen molar-refractivity contribution in [2.45, 2.75) is 16.6 Å². The molecule has 0 amide bonds. The Labute approximate surface area is 68.4 Å². The smallest absolute Gasteiger partial charge is 0.0529 e. The molecular formula is C7H8BrCl. The first-order valence-corrected chi connectivity index (χ1v) is 4.61. The summed E-state index contributed by atoms with van der Waals surface area (Å²) < 4.78 is 0. The number of fused-ring (bicyclic) bond motifs is 2. The minimum atomic E-state index is 0.347. The van der Waals surface area contributed by atoms with Crippen molar-refractivity contribution in [1.82, 2.24) is 0 Å². The van der Waals surface area contributed by atoms with E-state index in [0.29, 0.717) is 16.1 Å². The summed E-state index contributed by atoms with van der Waals surface area (Å²) in [6.45, 7) is 0. The van der Waals surface area contributed by atoms with Crippen LogP contribution in [0.25, 0.3) is 0 Å². The van der Waals surface area contributed by atoms with Gasteiger partial charge in [-0.05, 0) is 18.3 Å². The summed E-state index contributed by atoms with van der Waals surface area (Å²) in [6, 6.07) is 0. The SMILES string of the molecule is Cl[C@H]1[C@@H](Br)[C@H]2C=C[C@H]1C2. The molecule has 0 aromatic rings. The molecule has 0 heterocycles. The molecule has 50 valence electrons. The number of rotatable bonds is 0. The van der Waals surface area contributed by atoms with Crippen molar-refractivity contribution in [3.05, 3.63) is 12.2 Å². The molecule has 0 saturated heterocycles. The Morgan fingerprint density at radius 1 is 1.33 bits per heavy atom. The van der Waals surface area contributed by atoms with Gasteiger partial charge in [-0.3, -0.25) is 0 Å². The molecule has 2 aliphatic carbocycles. The lowest BCUT2D eigenvalue weighted by Gasteiger charge is -2.15. The van der Waals surface area contributed by atoms with Gasteiger partial charge in [0.05, 0.1) is 5.38 Å². The Morgan fingerprint density at radius 2 is 2.00 bits per heavy atom. The predicted molar refractivity (Wildman–Crippen MR) is 43.1 cm³/mol. The van der Waals surface area contributed by atoms with Crippen molar-refractivity contribution in [3.8, 4) is 0 Å². The molecular weight excluding hydrogens is 199 g/mol. The molecule has 2 heteroatoms. The van der Waals surface area contributed by atoms with Crippen molar-refractivity contribution in [1.29, 1.82) is 0 Å². The Hall–Kier alpha value is 0.510. The molecule has 0 aliphatic heterocycles. The maximum atomic E-state index is 6.06. The fourth-order valence-corrected chi connectivity index (χ4v) is 2.86. The monoisotopic (exact) mass is 206 g/mol. The second-order valence-electron chi connectivity index (χ2n) is 2.84. The van der Waals surface area contributed by atoms with Crippen molar-refractivity contribution in [3.63, 3.8) is 0 Å². The second-order valence-corrected chi connectivity index (χ2v) is 4.40. The van der Waals surface area contributed by atoms with E-state index in [9.17, 15) is 0 Å². The maximum absolute atomic E-state index is 6.06. The molecule has 0 spiro atoms. The van der Waals surface area contributed by atoms with Gasteiger partial charge in [-0.1, -0.05) is 28.1 Å². The van der Waals surface area contributed by atoms with Crippen LogP contribution in [0, 0.1) is 11.8 Å². The van der Waals surface area contributed by atoms with Gasteiger partial charge in [0, 0.05) is 4.83 Å². The third-order valence-electron chi connectivity index (χ3n) is 2.27. The number of halogens is 2. The summed E-state index contributed by atoms with van der Waals surface area (Å²) >= 11 is 9.64. The topological polar surface area (TPSA) is 0 Å². The number of hydrogen-bond acceptors (Lipinski definition) is 0. The highest BCUT2D eigenvalue weighted by Crippen LogP contribution is 2.45. The number of hydrogen-bond donors (Lipinski definition) is 0. The molecule has 0 unspecified atom stereocenters. The van der Waals surface area contributed by atoms with Gasteiger partial charge in [-0.2, -0.15) is 0 Å². The Kier molecular flexibility index (Phi) is 1.38. The van der Waals surface area contributed by atoms with E-state index in [2.05, 4.69) is 28.1 Å². The molecule has 9 heavy (non-hydrogen) atoms. The van der Waals surface area contributed by atoms with E-state index in [4.69, 9.17) is 11.6 Å². The fourth-order valence-electron chi connectivity index (χ4n) is 1.70. The van der Waals surface area contributed by atoms with Crippen molar-refractivity contribution >= 4 is 27.5 Å². The highest BCUT2D eigenvalue weighted by molar-refractivity contribution is 9.09. The van der Waals surface area contributed by atoms with Gasteiger partial charge in [-0.15, -0.1) is 11.6 Å². The number of allylic oxidation sites excluding steroid dienone is 2. The Bertz CT molecular complexity index is 139. The van der Waals surface area contributed by atoms with Gasteiger partial charge >= 0.3 is 0 Å². The summed E-state index contributed by atoms with van der Waals surface area (Å²) in [5, 5.41) is 0.347.